The summed E-state index contributed by atoms with van der Waals surface area (Å²) >= 11 is 0. The second-order valence-electron chi connectivity index (χ2n) is 7.22. The molecule has 7 nitrogen and oxygen atoms in total. The Labute approximate surface area is 145 Å². The summed E-state index contributed by atoms with van der Waals surface area (Å²) in [6.45, 7) is 7.58. The van der Waals surface area contributed by atoms with E-state index in [1.54, 1.807) is 6.07 Å². The van der Waals surface area contributed by atoms with E-state index < -0.39 is 36.3 Å². The summed E-state index contributed by atoms with van der Waals surface area (Å²) in [7, 11) is -0.823. The molecular formula is C16H20BFN2O5. The van der Waals surface area contributed by atoms with Gasteiger partial charge in [0.15, 0.2) is 0 Å². The number of hydrogen-bond donors (Lipinski definition) is 0. The summed E-state index contributed by atoms with van der Waals surface area (Å²) in [6.07, 6.45) is -1.24. The van der Waals surface area contributed by atoms with Gasteiger partial charge in [-0.15, -0.1) is 0 Å². The van der Waals surface area contributed by atoms with Gasteiger partial charge in [0.25, 0.3) is 0 Å². The lowest BCUT2D eigenvalue weighted by atomic mass is 9.78. The van der Waals surface area contributed by atoms with E-state index in [0.717, 1.165) is 0 Å². The van der Waals surface area contributed by atoms with Gasteiger partial charge in [-0.1, -0.05) is 11.2 Å². The normalized spacial score (nSPS) is 24.5. The zero-order chi connectivity index (χ0) is 18.4. The van der Waals surface area contributed by atoms with Crippen molar-refractivity contribution in [3.05, 3.63) is 28.9 Å². The Morgan fingerprint density at radius 3 is 2.48 bits per heavy atom. The molecule has 0 unspecified atom stereocenters. The molecule has 1 amide bonds. The van der Waals surface area contributed by atoms with E-state index in [4.69, 9.17) is 14.0 Å². The maximum Gasteiger partial charge on any atom is 0.497 e. The molecule has 2 aliphatic rings. The number of nitroso groups, excluding NO2 is 1. The molecule has 0 saturated carbocycles. The first-order valence-corrected chi connectivity index (χ1v) is 8.07. The Balaban J connectivity index is 1.81. The molecular weight excluding hydrogens is 330 g/mol. The third-order valence-corrected chi connectivity index (χ3v) is 4.96. The smallest absolute Gasteiger partial charge is 0.442 e. The number of halogens is 1. The van der Waals surface area contributed by atoms with Crippen LogP contribution in [0.3, 0.4) is 0 Å². The van der Waals surface area contributed by atoms with Crippen molar-refractivity contribution in [2.45, 2.75) is 45.0 Å². The zero-order valence-electron chi connectivity index (χ0n) is 14.6. The zero-order valence-corrected chi connectivity index (χ0v) is 14.6. The molecule has 2 heterocycles. The standard InChI is InChI=1S/C16H20BFN2O5/c1-15(2)16(3,4)25-17(24-15)12-6-5-10(7-13(12)18)20-9-11(8-19-22)23-14(20)21/h5-7,11H,8-9H2,1-4H3/t11-/m0/s1. The minimum Gasteiger partial charge on any atom is -0.442 e. The van der Waals surface area contributed by atoms with Crippen molar-refractivity contribution < 1.29 is 23.2 Å². The van der Waals surface area contributed by atoms with Crippen molar-refractivity contribution in [1.29, 1.82) is 0 Å². The van der Waals surface area contributed by atoms with Crippen molar-refractivity contribution in [3.63, 3.8) is 0 Å². The van der Waals surface area contributed by atoms with E-state index in [9.17, 15) is 14.1 Å². The molecule has 25 heavy (non-hydrogen) atoms. The Bertz CT molecular complexity index is 696. The Hall–Kier alpha value is -2.00. The fraction of sp³-hybridized carbons (Fsp3) is 0.562. The molecule has 1 atom stereocenters. The average Bonchev–Trinajstić information content (AvgIpc) is 2.96. The number of nitrogens with zero attached hydrogens (tertiary/aromatic N) is 2. The molecule has 9 heteroatoms. The van der Waals surface area contributed by atoms with Crippen molar-refractivity contribution in [3.8, 4) is 0 Å². The topological polar surface area (TPSA) is 77.4 Å². The van der Waals surface area contributed by atoms with Gasteiger partial charge in [0.05, 0.1) is 23.4 Å². The number of carbonyl (C=O) groups is 1. The lowest BCUT2D eigenvalue weighted by molar-refractivity contribution is 0.00578. The number of benzene rings is 1. The van der Waals surface area contributed by atoms with Gasteiger partial charge in [0.2, 0.25) is 0 Å². The maximum absolute atomic E-state index is 14.6. The molecule has 0 radical (unpaired) electrons. The minimum absolute atomic E-state index is 0.128. The fourth-order valence-corrected chi connectivity index (χ4v) is 2.76. The third kappa shape index (κ3) is 3.13. The van der Waals surface area contributed by atoms with Crippen LogP contribution in [0.2, 0.25) is 0 Å². The molecule has 0 bridgehead atoms. The molecule has 1 aromatic carbocycles. The first-order valence-electron chi connectivity index (χ1n) is 8.07. The van der Waals surface area contributed by atoms with Crippen LogP contribution in [0.4, 0.5) is 14.9 Å². The van der Waals surface area contributed by atoms with Crippen LogP contribution in [0.5, 0.6) is 0 Å². The molecule has 2 fully saturated rings. The van der Waals surface area contributed by atoms with Gasteiger partial charge in [-0.3, -0.25) is 4.90 Å². The molecule has 0 aliphatic carbocycles. The van der Waals surface area contributed by atoms with E-state index in [-0.39, 0.29) is 18.6 Å². The number of carbonyl (C=O) groups excluding carboxylic acids is 1. The minimum atomic E-state index is -0.823. The summed E-state index contributed by atoms with van der Waals surface area (Å²) in [4.78, 5) is 23.5. The number of amides is 1. The van der Waals surface area contributed by atoms with Crippen LogP contribution < -0.4 is 10.4 Å². The predicted octanol–water partition coefficient (Wildman–Crippen LogP) is 2.22. The Kier molecular flexibility index (Phi) is 4.32. The van der Waals surface area contributed by atoms with Gasteiger partial charge in [-0.05, 0) is 39.8 Å². The Morgan fingerprint density at radius 1 is 1.28 bits per heavy atom. The van der Waals surface area contributed by atoms with Gasteiger partial charge >= 0.3 is 13.2 Å². The fourth-order valence-electron chi connectivity index (χ4n) is 2.76. The summed E-state index contributed by atoms with van der Waals surface area (Å²) < 4.78 is 31.3. The number of ether oxygens (including phenoxy) is 1. The summed E-state index contributed by atoms with van der Waals surface area (Å²) in [6, 6.07) is 4.37. The highest BCUT2D eigenvalue weighted by molar-refractivity contribution is 6.62. The third-order valence-electron chi connectivity index (χ3n) is 4.96. The number of anilines is 1. The highest BCUT2D eigenvalue weighted by Gasteiger charge is 2.52. The van der Waals surface area contributed by atoms with E-state index in [1.165, 1.54) is 17.0 Å². The van der Waals surface area contributed by atoms with Gasteiger partial charge < -0.3 is 14.0 Å². The SMILES string of the molecule is CC1(C)OB(c2ccc(N3C[C@H](CN=O)OC3=O)cc2F)OC1(C)C. The van der Waals surface area contributed by atoms with Gasteiger partial charge in [-0.25, -0.2) is 9.18 Å². The highest BCUT2D eigenvalue weighted by atomic mass is 19.1. The monoisotopic (exact) mass is 350 g/mol. The van der Waals surface area contributed by atoms with E-state index in [2.05, 4.69) is 5.18 Å². The van der Waals surface area contributed by atoms with Gasteiger partial charge in [0, 0.05) is 5.46 Å². The summed E-state index contributed by atoms with van der Waals surface area (Å²) in [5.74, 6) is -0.541. The number of rotatable bonds is 4. The second-order valence-corrected chi connectivity index (χ2v) is 7.22. The molecule has 0 N–H and O–H groups in total. The highest BCUT2D eigenvalue weighted by Crippen LogP contribution is 2.36. The van der Waals surface area contributed by atoms with Crippen LogP contribution in [0.25, 0.3) is 0 Å². The lowest BCUT2D eigenvalue weighted by Gasteiger charge is -2.32. The van der Waals surface area contributed by atoms with Gasteiger partial charge in [0.1, 0.15) is 18.5 Å². The number of cyclic esters (lactones) is 1. The second kappa shape index (κ2) is 6.07. The molecule has 2 saturated heterocycles. The van der Waals surface area contributed by atoms with Crippen LogP contribution in [0, 0.1) is 10.7 Å². The largest absolute Gasteiger partial charge is 0.497 e. The first kappa shape index (κ1) is 17.8. The van der Waals surface area contributed by atoms with Crippen molar-refractivity contribution in [2.24, 2.45) is 5.18 Å². The first-order chi connectivity index (χ1) is 11.6. The molecule has 3 rings (SSSR count). The number of hydrogen-bond acceptors (Lipinski definition) is 6. The van der Waals surface area contributed by atoms with E-state index in [1.807, 2.05) is 27.7 Å². The maximum atomic E-state index is 14.6. The van der Waals surface area contributed by atoms with Crippen molar-refractivity contribution in [2.75, 3.05) is 18.0 Å². The molecule has 2 aliphatic heterocycles. The molecule has 0 aromatic heterocycles. The van der Waals surface area contributed by atoms with E-state index in [0.29, 0.717) is 5.69 Å². The average molecular weight is 350 g/mol. The Morgan fingerprint density at radius 2 is 1.92 bits per heavy atom. The quantitative estimate of drug-likeness (QED) is 0.615. The van der Waals surface area contributed by atoms with E-state index >= 15 is 0 Å². The van der Waals surface area contributed by atoms with Gasteiger partial charge in [-0.2, -0.15) is 4.91 Å². The summed E-state index contributed by atoms with van der Waals surface area (Å²) in [5.41, 5.74) is -0.537. The molecule has 0 spiro atoms. The van der Waals surface area contributed by atoms with Crippen LogP contribution in [0.1, 0.15) is 27.7 Å². The predicted molar refractivity (Wildman–Crippen MR) is 90.4 cm³/mol. The van der Waals surface area contributed by atoms with Crippen LogP contribution in [0.15, 0.2) is 23.4 Å². The van der Waals surface area contributed by atoms with Crippen LogP contribution >= 0.6 is 0 Å². The van der Waals surface area contributed by atoms with Crippen LogP contribution in [-0.4, -0.2) is 43.6 Å². The van der Waals surface area contributed by atoms with Crippen LogP contribution in [-0.2, 0) is 14.0 Å². The van der Waals surface area contributed by atoms with Crippen molar-refractivity contribution >= 4 is 24.4 Å². The summed E-state index contributed by atoms with van der Waals surface area (Å²) in [5, 5.41) is 2.73. The van der Waals surface area contributed by atoms with Crippen molar-refractivity contribution in [1.82, 2.24) is 0 Å². The lowest BCUT2D eigenvalue weighted by Crippen LogP contribution is -2.41. The molecule has 1 aromatic rings. The molecule has 134 valence electrons.